The van der Waals surface area contributed by atoms with E-state index in [1.54, 1.807) is 18.2 Å². The third-order valence-electron chi connectivity index (χ3n) is 7.67. The molecular weight excluding hydrogens is 441 g/mol. The van der Waals surface area contributed by atoms with Crippen molar-refractivity contribution >= 4 is 0 Å². The van der Waals surface area contributed by atoms with Crippen LogP contribution in [0.25, 0.3) is 22.3 Å². The van der Waals surface area contributed by atoms with Crippen LogP contribution in [0, 0.1) is 17.6 Å². The molecule has 0 N–H and O–H groups in total. The van der Waals surface area contributed by atoms with Crippen molar-refractivity contribution < 1.29 is 13.2 Å². The van der Waals surface area contributed by atoms with Gasteiger partial charge in [-0.25, -0.2) is 8.78 Å². The van der Waals surface area contributed by atoms with Crippen LogP contribution < -0.4 is 0 Å². The Bertz CT molecular complexity index is 1080. The van der Waals surface area contributed by atoms with Crippen LogP contribution in [0.3, 0.4) is 0 Å². The van der Waals surface area contributed by atoms with E-state index < -0.39 is 5.82 Å². The van der Waals surface area contributed by atoms with Gasteiger partial charge in [-0.1, -0.05) is 74.7 Å². The second kappa shape index (κ2) is 12.4. The van der Waals surface area contributed by atoms with Gasteiger partial charge >= 0.3 is 0 Å². The second-order valence-electron chi connectivity index (χ2n) is 10.1. The summed E-state index contributed by atoms with van der Waals surface area (Å²) in [5, 5.41) is 0. The first kappa shape index (κ1) is 25.5. The van der Waals surface area contributed by atoms with Crippen LogP contribution in [-0.2, 0) is 6.42 Å². The Hall–Kier alpha value is -2.55. The maximum absolute atomic E-state index is 15.1. The standard InChI is InChI=1S/C32H37F3/c1-2-3-6-23-8-12-25(13-9-23)27-16-18-29(31(34)21-27)30-19-17-28(22-32(30)35)26-14-10-24(11-15-26)7-4-5-20-33/h8-9,12-13,16-19,21-22,24,26H,2-7,10-11,14-15,20H2,1H3. The van der Waals surface area contributed by atoms with E-state index in [-0.39, 0.29) is 12.5 Å². The summed E-state index contributed by atoms with van der Waals surface area (Å²) in [5.41, 5.74) is 4.68. The highest BCUT2D eigenvalue weighted by Crippen LogP contribution is 2.39. The molecule has 0 atom stereocenters. The lowest BCUT2D eigenvalue weighted by atomic mass is 9.77. The fraction of sp³-hybridized carbons (Fsp3) is 0.438. The summed E-state index contributed by atoms with van der Waals surface area (Å²) in [7, 11) is 0. The first-order valence-corrected chi connectivity index (χ1v) is 13.3. The molecule has 0 bridgehead atoms. The second-order valence-corrected chi connectivity index (χ2v) is 10.1. The summed E-state index contributed by atoms with van der Waals surface area (Å²) in [4.78, 5) is 0. The fourth-order valence-electron chi connectivity index (χ4n) is 5.47. The minimum Gasteiger partial charge on any atom is -0.251 e. The van der Waals surface area contributed by atoms with Crippen LogP contribution >= 0.6 is 0 Å². The molecule has 3 heteroatoms. The number of alkyl halides is 1. The molecule has 35 heavy (non-hydrogen) atoms. The molecule has 3 aromatic carbocycles. The van der Waals surface area contributed by atoms with Crippen molar-refractivity contribution in [3.05, 3.63) is 83.4 Å². The molecule has 1 fully saturated rings. The quantitative estimate of drug-likeness (QED) is 0.254. The Labute approximate surface area is 208 Å². The minimum absolute atomic E-state index is 0.226. The van der Waals surface area contributed by atoms with Crippen LogP contribution in [0.5, 0.6) is 0 Å². The largest absolute Gasteiger partial charge is 0.251 e. The third-order valence-corrected chi connectivity index (χ3v) is 7.67. The zero-order valence-electron chi connectivity index (χ0n) is 20.8. The highest BCUT2D eigenvalue weighted by Gasteiger charge is 2.23. The van der Waals surface area contributed by atoms with E-state index in [0.717, 1.165) is 74.5 Å². The molecule has 1 aliphatic carbocycles. The maximum Gasteiger partial charge on any atom is 0.131 e. The fourth-order valence-corrected chi connectivity index (χ4v) is 5.47. The van der Waals surface area contributed by atoms with Crippen molar-refractivity contribution in [1.82, 2.24) is 0 Å². The van der Waals surface area contributed by atoms with Gasteiger partial charge in [-0.05, 0) is 91.2 Å². The lowest BCUT2D eigenvalue weighted by Crippen LogP contribution is -2.13. The van der Waals surface area contributed by atoms with Crippen molar-refractivity contribution in [3.8, 4) is 22.3 Å². The Morgan fingerprint density at radius 2 is 1.37 bits per heavy atom. The van der Waals surface area contributed by atoms with Gasteiger partial charge in [0.25, 0.3) is 0 Å². The molecule has 0 nitrogen and oxygen atoms in total. The molecule has 0 aromatic heterocycles. The Balaban J connectivity index is 1.43. The number of hydrogen-bond donors (Lipinski definition) is 0. The first-order chi connectivity index (χ1) is 17.1. The van der Waals surface area contributed by atoms with Gasteiger partial charge in [0.1, 0.15) is 11.6 Å². The molecule has 186 valence electrons. The van der Waals surface area contributed by atoms with E-state index in [1.165, 1.54) is 11.6 Å². The van der Waals surface area contributed by atoms with Crippen molar-refractivity contribution in [2.75, 3.05) is 6.67 Å². The van der Waals surface area contributed by atoms with Crippen LogP contribution in [0.4, 0.5) is 13.2 Å². The lowest BCUT2D eigenvalue weighted by molar-refractivity contribution is 0.298. The van der Waals surface area contributed by atoms with Gasteiger partial charge in [0.2, 0.25) is 0 Å². The summed E-state index contributed by atoms with van der Waals surface area (Å²) < 4.78 is 42.5. The zero-order valence-corrected chi connectivity index (χ0v) is 20.8. The van der Waals surface area contributed by atoms with Gasteiger partial charge in [0.15, 0.2) is 0 Å². The van der Waals surface area contributed by atoms with Crippen molar-refractivity contribution in [2.24, 2.45) is 5.92 Å². The molecule has 1 aliphatic rings. The monoisotopic (exact) mass is 478 g/mol. The van der Waals surface area contributed by atoms with Crippen molar-refractivity contribution in [3.63, 3.8) is 0 Å². The molecule has 0 saturated heterocycles. The average Bonchev–Trinajstić information content (AvgIpc) is 2.88. The number of unbranched alkanes of at least 4 members (excludes halogenated alkanes) is 2. The number of rotatable bonds is 10. The third kappa shape index (κ3) is 6.57. The van der Waals surface area contributed by atoms with Gasteiger partial charge in [-0.2, -0.15) is 0 Å². The number of hydrogen-bond acceptors (Lipinski definition) is 0. The maximum atomic E-state index is 15.1. The Kier molecular flexibility index (Phi) is 9.06. The predicted molar refractivity (Wildman–Crippen MR) is 140 cm³/mol. The number of halogens is 3. The predicted octanol–water partition coefficient (Wildman–Crippen LogP) is 10.1. The first-order valence-electron chi connectivity index (χ1n) is 13.3. The van der Waals surface area contributed by atoms with E-state index in [0.29, 0.717) is 29.4 Å². The zero-order chi connectivity index (χ0) is 24.6. The minimum atomic E-state index is -0.405. The highest BCUT2D eigenvalue weighted by molar-refractivity contribution is 5.71. The average molecular weight is 479 g/mol. The topological polar surface area (TPSA) is 0 Å². The molecule has 4 rings (SSSR count). The molecule has 0 radical (unpaired) electrons. The number of benzene rings is 3. The van der Waals surface area contributed by atoms with E-state index in [2.05, 4.69) is 19.1 Å². The summed E-state index contributed by atoms with van der Waals surface area (Å²) in [6, 6.07) is 18.6. The molecule has 0 aliphatic heterocycles. The normalized spacial score (nSPS) is 18.1. The van der Waals surface area contributed by atoms with E-state index in [9.17, 15) is 4.39 Å². The van der Waals surface area contributed by atoms with Crippen LogP contribution in [0.2, 0.25) is 0 Å². The smallest absolute Gasteiger partial charge is 0.131 e. The number of aryl methyl sites for hydroxylation is 1. The Morgan fingerprint density at radius 3 is 2.00 bits per heavy atom. The van der Waals surface area contributed by atoms with Crippen LogP contribution in [-0.4, -0.2) is 6.67 Å². The van der Waals surface area contributed by atoms with Crippen LogP contribution in [0.1, 0.15) is 81.8 Å². The van der Waals surface area contributed by atoms with Crippen molar-refractivity contribution in [1.29, 1.82) is 0 Å². The molecule has 1 saturated carbocycles. The van der Waals surface area contributed by atoms with E-state index in [4.69, 9.17) is 0 Å². The Morgan fingerprint density at radius 1 is 0.714 bits per heavy atom. The molecule has 0 amide bonds. The van der Waals surface area contributed by atoms with E-state index >= 15 is 8.78 Å². The molecule has 0 unspecified atom stereocenters. The van der Waals surface area contributed by atoms with Crippen molar-refractivity contribution in [2.45, 2.75) is 77.0 Å². The summed E-state index contributed by atoms with van der Waals surface area (Å²) in [5.74, 6) is 0.253. The summed E-state index contributed by atoms with van der Waals surface area (Å²) in [6.07, 6.45) is 10.4. The lowest BCUT2D eigenvalue weighted by Gasteiger charge is -2.29. The molecule has 3 aromatic rings. The molecular formula is C32H37F3. The molecule has 0 spiro atoms. The summed E-state index contributed by atoms with van der Waals surface area (Å²) >= 11 is 0. The summed E-state index contributed by atoms with van der Waals surface area (Å²) in [6.45, 7) is 1.95. The van der Waals surface area contributed by atoms with Gasteiger partial charge in [-0.3, -0.25) is 4.39 Å². The van der Waals surface area contributed by atoms with E-state index in [1.807, 2.05) is 24.3 Å². The van der Waals surface area contributed by atoms with Crippen LogP contribution in [0.15, 0.2) is 60.7 Å². The van der Waals surface area contributed by atoms with Gasteiger partial charge < -0.3 is 0 Å². The SMILES string of the molecule is CCCCc1ccc(-c2ccc(-c3ccc(C4CCC(CCCCF)CC4)cc3F)c(F)c2)cc1. The molecule has 0 heterocycles. The van der Waals surface area contributed by atoms with Gasteiger partial charge in [-0.15, -0.1) is 0 Å². The van der Waals surface area contributed by atoms with Gasteiger partial charge in [0, 0.05) is 11.1 Å². The van der Waals surface area contributed by atoms with Gasteiger partial charge in [0.05, 0.1) is 6.67 Å². The highest BCUT2D eigenvalue weighted by atomic mass is 19.1.